The summed E-state index contributed by atoms with van der Waals surface area (Å²) < 4.78 is 45.9. The molecule has 0 aromatic heterocycles. The molecule has 1 aromatic rings. The number of rotatable bonds is 5. The van der Waals surface area contributed by atoms with Crippen molar-refractivity contribution in [3.05, 3.63) is 29.6 Å². The Balaban J connectivity index is 1.76. The number of carbonyl (C=O) groups excluding carboxylic acids is 2. The summed E-state index contributed by atoms with van der Waals surface area (Å²) in [6.07, 6.45) is 2.33. The number of benzene rings is 1. The molecule has 10 heteroatoms. The highest BCUT2D eigenvalue weighted by atomic mass is 32.2. The van der Waals surface area contributed by atoms with Crippen LogP contribution in [-0.4, -0.2) is 68.5 Å². The van der Waals surface area contributed by atoms with Gasteiger partial charge in [-0.1, -0.05) is 0 Å². The van der Waals surface area contributed by atoms with E-state index in [4.69, 9.17) is 4.74 Å². The molecule has 1 atom stereocenters. The van der Waals surface area contributed by atoms with Crippen molar-refractivity contribution >= 4 is 22.0 Å². The van der Waals surface area contributed by atoms with Crippen molar-refractivity contribution in [2.24, 2.45) is 0 Å². The molecule has 2 aliphatic heterocycles. The van der Waals surface area contributed by atoms with E-state index < -0.39 is 32.7 Å². The van der Waals surface area contributed by atoms with Gasteiger partial charge in [-0.05, 0) is 50.8 Å². The van der Waals surface area contributed by atoms with E-state index in [9.17, 15) is 22.4 Å². The third kappa shape index (κ3) is 4.87. The van der Waals surface area contributed by atoms with Crippen LogP contribution in [0.5, 0.6) is 0 Å². The number of ether oxygens (including phenoxy) is 1. The lowest BCUT2D eigenvalue weighted by Gasteiger charge is -2.33. The third-order valence-electron chi connectivity index (χ3n) is 5.17. The number of nitrogens with zero attached hydrogens (tertiary/aromatic N) is 2. The van der Waals surface area contributed by atoms with Crippen LogP contribution in [-0.2, 0) is 14.8 Å². The van der Waals surface area contributed by atoms with Gasteiger partial charge in [-0.25, -0.2) is 17.6 Å². The van der Waals surface area contributed by atoms with Crippen LogP contribution in [0.25, 0.3) is 0 Å². The second-order valence-corrected chi connectivity index (χ2v) is 9.12. The van der Waals surface area contributed by atoms with Gasteiger partial charge in [0.25, 0.3) is 5.91 Å². The van der Waals surface area contributed by atoms with E-state index in [1.54, 1.807) is 11.8 Å². The first-order valence-electron chi connectivity index (χ1n) is 9.85. The normalized spacial score (nSPS) is 20.5. The van der Waals surface area contributed by atoms with Crippen molar-refractivity contribution in [2.45, 2.75) is 43.5 Å². The first-order chi connectivity index (χ1) is 13.8. The summed E-state index contributed by atoms with van der Waals surface area (Å²) >= 11 is 0. The molecule has 29 heavy (non-hydrogen) atoms. The number of carbonyl (C=O) groups is 2. The largest absolute Gasteiger partial charge is 0.450 e. The molecule has 0 saturated carbocycles. The van der Waals surface area contributed by atoms with Gasteiger partial charge in [-0.3, -0.25) is 4.79 Å². The molecule has 2 aliphatic rings. The molecule has 0 radical (unpaired) electrons. The van der Waals surface area contributed by atoms with Crippen molar-refractivity contribution in [1.82, 2.24) is 14.5 Å². The summed E-state index contributed by atoms with van der Waals surface area (Å²) in [5, 5.41) is 2.72. The molecule has 3 rings (SSSR count). The van der Waals surface area contributed by atoms with Gasteiger partial charge < -0.3 is 15.0 Å². The summed E-state index contributed by atoms with van der Waals surface area (Å²) in [7, 11) is -3.98. The minimum Gasteiger partial charge on any atom is -0.450 e. The predicted octanol–water partition coefficient (Wildman–Crippen LogP) is 1.96. The van der Waals surface area contributed by atoms with E-state index in [1.165, 1.54) is 10.4 Å². The van der Waals surface area contributed by atoms with Crippen LogP contribution in [0.4, 0.5) is 9.18 Å². The van der Waals surface area contributed by atoms with Gasteiger partial charge in [0.1, 0.15) is 10.7 Å². The second-order valence-electron chi connectivity index (χ2n) is 7.21. The van der Waals surface area contributed by atoms with E-state index in [1.807, 2.05) is 0 Å². The average molecular weight is 427 g/mol. The number of hydrogen-bond acceptors (Lipinski definition) is 5. The lowest BCUT2D eigenvalue weighted by atomic mass is 10.0. The summed E-state index contributed by atoms with van der Waals surface area (Å²) in [6, 6.07) is 3.19. The van der Waals surface area contributed by atoms with Crippen LogP contribution in [0.2, 0.25) is 0 Å². The standard InChI is InChI=1S/C19H26FN3O5S/c1-2-28-19(25)21-15-6-5-9-22(13-15)18(24)14-7-8-16(20)17(12-14)29(26,27)23-10-3-4-11-23/h7-8,12,15H,2-6,9-11,13H2,1H3,(H,21,25). The van der Waals surface area contributed by atoms with E-state index in [0.29, 0.717) is 32.5 Å². The van der Waals surface area contributed by atoms with E-state index >= 15 is 0 Å². The van der Waals surface area contributed by atoms with E-state index in [0.717, 1.165) is 25.0 Å². The van der Waals surface area contributed by atoms with Gasteiger partial charge in [0.05, 0.1) is 6.61 Å². The Morgan fingerprint density at radius 3 is 2.62 bits per heavy atom. The molecule has 0 aliphatic carbocycles. The van der Waals surface area contributed by atoms with Crippen molar-refractivity contribution in [1.29, 1.82) is 0 Å². The van der Waals surface area contributed by atoms with Crippen molar-refractivity contribution in [2.75, 3.05) is 32.8 Å². The SMILES string of the molecule is CCOC(=O)NC1CCCN(C(=O)c2ccc(F)c(S(=O)(=O)N3CCCC3)c2)C1. The van der Waals surface area contributed by atoms with Crippen molar-refractivity contribution < 1.29 is 27.1 Å². The lowest BCUT2D eigenvalue weighted by molar-refractivity contribution is 0.0686. The maximum Gasteiger partial charge on any atom is 0.407 e. The van der Waals surface area contributed by atoms with Gasteiger partial charge in [0, 0.05) is 37.8 Å². The molecule has 160 valence electrons. The Morgan fingerprint density at radius 2 is 1.93 bits per heavy atom. The first kappa shape index (κ1) is 21.5. The Labute approximate surface area is 170 Å². The molecule has 1 unspecified atom stereocenters. The fourth-order valence-corrected chi connectivity index (χ4v) is 5.31. The van der Waals surface area contributed by atoms with Crippen LogP contribution in [0, 0.1) is 5.82 Å². The number of nitrogens with one attached hydrogen (secondary N) is 1. The van der Waals surface area contributed by atoms with Gasteiger partial charge in [0.2, 0.25) is 10.0 Å². The number of amides is 2. The van der Waals surface area contributed by atoms with Crippen LogP contribution >= 0.6 is 0 Å². The molecule has 2 fully saturated rings. The Bertz CT molecular complexity index is 871. The van der Waals surface area contributed by atoms with E-state index in [-0.39, 0.29) is 24.8 Å². The maximum atomic E-state index is 14.3. The number of hydrogen-bond donors (Lipinski definition) is 1. The summed E-state index contributed by atoms with van der Waals surface area (Å²) in [6.45, 7) is 3.43. The van der Waals surface area contributed by atoms with Crippen molar-refractivity contribution in [3.8, 4) is 0 Å². The highest BCUT2D eigenvalue weighted by Gasteiger charge is 2.32. The number of piperidine rings is 1. The molecule has 2 amide bonds. The predicted molar refractivity (Wildman–Crippen MR) is 103 cm³/mol. The van der Waals surface area contributed by atoms with Crippen LogP contribution < -0.4 is 5.32 Å². The summed E-state index contributed by atoms with van der Waals surface area (Å²) in [4.78, 5) is 25.6. The highest BCUT2D eigenvalue weighted by molar-refractivity contribution is 7.89. The molecule has 2 heterocycles. The minimum absolute atomic E-state index is 0.112. The highest BCUT2D eigenvalue weighted by Crippen LogP contribution is 2.25. The number of halogens is 1. The zero-order valence-corrected chi connectivity index (χ0v) is 17.2. The lowest BCUT2D eigenvalue weighted by Crippen LogP contribution is -2.49. The minimum atomic E-state index is -3.98. The zero-order valence-electron chi connectivity index (χ0n) is 16.4. The van der Waals surface area contributed by atoms with Gasteiger partial charge in [-0.15, -0.1) is 0 Å². The molecule has 0 bridgehead atoms. The molecule has 1 aromatic carbocycles. The number of sulfonamides is 1. The van der Waals surface area contributed by atoms with Gasteiger partial charge >= 0.3 is 6.09 Å². The van der Waals surface area contributed by atoms with Gasteiger partial charge in [-0.2, -0.15) is 4.31 Å². The fourth-order valence-electron chi connectivity index (χ4n) is 3.70. The quantitative estimate of drug-likeness (QED) is 0.775. The Morgan fingerprint density at radius 1 is 1.21 bits per heavy atom. The zero-order chi connectivity index (χ0) is 21.0. The van der Waals surface area contributed by atoms with Crippen LogP contribution in [0.3, 0.4) is 0 Å². The van der Waals surface area contributed by atoms with Crippen molar-refractivity contribution in [3.63, 3.8) is 0 Å². The summed E-state index contributed by atoms with van der Waals surface area (Å²) in [5.41, 5.74) is 0.112. The second kappa shape index (κ2) is 9.08. The Hall–Kier alpha value is -2.20. The average Bonchev–Trinajstić information content (AvgIpc) is 3.24. The maximum absolute atomic E-state index is 14.3. The van der Waals surface area contributed by atoms with Crippen LogP contribution in [0.1, 0.15) is 43.0 Å². The molecule has 8 nitrogen and oxygen atoms in total. The Kier molecular flexibility index (Phi) is 6.74. The smallest absolute Gasteiger partial charge is 0.407 e. The molecular weight excluding hydrogens is 401 g/mol. The molecular formula is C19H26FN3O5S. The molecule has 2 saturated heterocycles. The fraction of sp³-hybridized carbons (Fsp3) is 0.579. The number of likely N-dealkylation sites (tertiary alicyclic amines) is 1. The molecule has 0 spiro atoms. The number of alkyl carbamates (subject to hydrolysis) is 1. The molecule has 1 N–H and O–H groups in total. The topological polar surface area (TPSA) is 96.0 Å². The van der Waals surface area contributed by atoms with E-state index in [2.05, 4.69) is 5.32 Å². The summed E-state index contributed by atoms with van der Waals surface area (Å²) in [5.74, 6) is -1.26. The van der Waals surface area contributed by atoms with Gasteiger partial charge in [0.15, 0.2) is 0 Å². The third-order valence-corrected chi connectivity index (χ3v) is 7.08. The monoisotopic (exact) mass is 427 g/mol. The first-order valence-corrected chi connectivity index (χ1v) is 11.3. The van der Waals surface area contributed by atoms with Crippen LogP contribution in [0.15, 0.2) is 23.1 Å².